The highest BCUT2D eigenvalue weighted by Gasteiger charge is 2.23. The van der Waals surface area contributed by atoms with Crippen LogP contribution in [0.4, 0.5) is 5.88 Å². The second-order valence-electron chi connectivity index (χ2n) is 9.79. The summed E-state index contributed by atoms with van der Waals surface area (Å²) in [4.78, 5) is 4.73. The molecule has 0 amide bonds. The third-order valence-corrected chi connectivity index (χ3v) is 7.95. The van der Waals surface area contributed by atoms with E-state index in [-0.39, 0.29) is 5.88 Å². The Labute approximate surface area is 259 Å². The van der Waals surface area contributed by atoms with Crippen molar-refractivity contribution in [2.75, 3.05) is 14.2 Å². The maximum Gasteiger partial charge on any atom is 0.238 e. The van der Waals surface area contributed by atoms with Crippen molar-refractivity contribution in [1.29, 1.82) is 5.26 Å². The number of fused-ring (bicyclic) bond motifs is 1. The van der Waals surface area contributed by atoms with E-state index in [1.165, 1.54) is 0 Å². The first-order chi connectivity index (χ1) is 21.0. The summed E-state index contributed by atoms with van der Waals surface area (Å²) in [6.07, 6.45) is 3.77. The fraction of sp³-hybridized carbons (Fsp3) is 0.0857. The zero-order chi connectivity index (χ0) is 29.9. The van der Waals surface area contributed by atoms with Gasteiger partial charge in [-0.1, -0.05) is 59.6 Å². The first kappa shape index (κ1) is 28.2. The van der Waals surface area contributed by atoms with Crippen molar-refractivity contribution in [2.24, 2.45) is 4.99 Å². The van der Waals surface area contributed by atoms with Crippen LogP contribution < -0.4 is 9.47 Å². The van der Waals surface area contributed by atoms with E-state index in [1.807, 2.05) is 85.1 Å². The average Bonchev–Trinajstić information content (AvgIpc) is 3.59. The van der Waals surface area contributed by atoms with Crippen molar-refractivity contribution in [3.63, 3.8) is 0 Å². The van der Waals surface area contributed by atoms with Crippen LogP contribution in [0, 0.1) is 11.3 Å². The Morgan fingerprint density at radius 1 is 0.860 bits per heavy atom. The molecule has 0 aliphatic heterocycles. The zero-order valence-corrected chi connectivity index (χ0v) is 24.9. The SMILES string of the molecule is COc1ccc(-c2oc(/N=C/c3cn(Cc4ccc(Cl)c(Cl)c4)c4ccccc34)c(C#N)c2-c2ccc(OC)cc2)cc1. The van der Waals surface area contributed by atoms with Crippen molar-refractivity contribution < 1.29 is 13.9 Å². The van der Waals surface area contributed by atoms with Gasteiger partial charge >= 0.3 is 0 Å². The van der Waals surface area contributed by atoms with E-state index in [4.69, 9.17) is 42.1 Å². The minimum absolute atomic E-state index is 0.223. The molecule has 212 valence electrons. The number of aromatic nitrogens is 1. The van der Waals surface area contributed by atoms with Gasteiger partial charge < -0.3 is 18.5 Å². The van der Waals surface area contributed by atoms with E-state index in [0.29, 0.717) is 39.2 Å². The van der Waals surface area contributed by atoms with Gasteiger partial charge in [0.15, 0.2) is 0 Å². The molecule has 0 spiro atoms. The minimum atomic E-state index is 0.223. The summed E-state index contributed by atoms with van der Waals surface area (Å²) < 4.78 is 19.1. The average molecular weight is 607 g/mol. The Morgan fingerprint density at radius 3 is 2.19 bits per heavy atom. The van der Waals surface area contributed by atoms with Crippen LogP contribution in [0.2, 0.25) is 10.0 Å². The summed E-state index contributed by atoms with van der Waals surface area (Å²) in [5.41, 5.74) is 5.54. The first-order valence-electron chi connectivity index (χ1n) is 13.4. The van der Waals surface area contributed by atoms with Crippen LogP contribution in [0.15, 0.2) is 107 Å². The van der Waals surface area contributed by atoms with Gasteiger partial charge in [-0.25, -0.2) is 4.99 Å². The van der Waals surface area contributed by atoms with Gasteiger partial charge in [-0.15, -0.1) is 0 Å². The molecule has 0 aliphatic carbocycles. The highest BCUT2D eigenvalue weighted by atomic mass is 35.5. The molecule has 0 saturated heterocycles. The van der Waals surface area contributed by atoms with Gasteiger partial charge in [0.1, 0.15) is 28.9 Å². The predicted octanol–water partition coefficient (Wildman–Crippen LogP) is 9.56. The van der Waals surface area contributed by atoms with E-state index in [9.17, 15) is 5.26 Å². The Morgan fingerprint density at radius 2 is 1.53 bits per heavy atom. The molecule has 2 aromatic heterocycles. The second-order valence-corrected chi connectivity index (χ2v) is 10.6. The lowest BCUT2D eigenvalue weighted by Crippen LogP contribution is -1.97. The number of ether oxygens (including phenoxy) is 2. The molecule has 0 saturated carbocycles. The number of furan rings is 1. The van der Waals surface area contributed by atoms with Crippen molar-refractivity contribution in [3.8, 4) is 40.0 Å². The van der Waals surface area contributed by atoms with Crippen LogP contribution in [0.3, 0.4) is 0 Å². The van der Waals surface area contributed by atoms with Crippen LogP contribution in [0.25, 0.3) is 33.4 Å². The Bertz CT molecular complexity index is 2000. The van der Waals surface area contributed by atoms with Gasteiger partial charge in [0.25, 0.3) is 0 Å². The molecule has 43 heavy (non-hydrogen) atoms. The van der Waals surface area contributed by atoms with Crippen molar-refractivity contribution in [2.45, 2.75) is 6.54 Å². The fourth-order valence-corrected chi connectivity index (χ4v) is 5.39. The lowest BCUT2D eigenvalue weighted by atomic mass is 9.98. The van der Waals surface area contributed by atoms with Gasteiger partial charge in [-0.3, -0.25) is 0 Å². The van der Waals surface area contributed by atoms with Gasteiger partial charge in [-0.05, 0) is 65.7 Å². The molecule has 0 N–H and O–H groups in total. The normalized spacial score (nSPS) is 11.2. The fourth-order valence-electron chi connectivity index (χ4n) is 5.06. The number of methoxy groups -OCH3 is 2. The molecule has 6 aromatic rings. The van der Waals surface area contributed by atoms with E-state index in [1.54, 1.807) is 26.5 Å². The standard InChI is InChI=1S/C35H25Cl2N3O3/c1-41-26-12-8-23(9-13-26)33-29(18-38)35(43-34(33)24-10-14-27(42-2)15-11-24)39-19-25-21-40(32-6-4-3-5-28(25)32)20-22-7-16-30(36)31(37)17-22/h3-17,19,21H,20H2,1-2H3/b39-19+. The number of hydrogen-bond acceptors (Lipinski definition) is 5. The van der Waals surface area contributed by atoms with Crippen molar-refractivity contribution >= 4 is 46.2 Å². The van der Waals surface area contributed by atoms with E-state index < -0.39 is 0 Å². The molecule has 8 heteroatoms. The molecule has 0 fully saturated rings. The highest BCUT2D eigenvalue weighted by Crippen LogP contribution is 2.43. The number of benzene rings is 4. The van der Waals surface area contributed by atoms with Gasteiger partial charge in [-0.2, -0.15) is 5.26 Å². The quantitative estimate of drug-likeness (QED) is 0.162. The van der Waals surface area contributed by atoms with Crippen LogP contribution in [0.1, 0.15) is 16.7 Å². The lowest BCUT2D eigenvalue weighted by Gasteiger charge is -2.06. The number of halogens is 2. The first-order valence-corrected chi connectivity index (χ1v) is 14.2. The van der Waals surface area contributed by atoms with E-state index >= 15 is 0 Å². The summed E-state index contributed by atoms with van der Waals surface area (Å²) in [6.45, 7) is 0.596. The molecule has 6 rings (SSSR count). The number of nitrogens with zero attached hydrogens (tertiary/aromatic N) is 3. The molecule has 0 aliphatic rings. The zero-order valence-electron chi connectivity index (χ0n) is 23.3. The predicted molar refractivity (Wildman–Crippen MR) is 172 cm³/mol. The molecule has 4 aromatic carbocycles. The van der Waals surface area contributed by atoms with Crippen LogP contribution in [-0.4, -0.2) is 25.0 Å². The van der Waals surface area contributed by atoms with Crippen LogP contribution in [-0.2, 0) is 6.54 Å². The van der Waals surface area contributed by atoms with Crippen LogP contribution >= 0.6 is 23.2 Å². The number of para-hydroxylation sites is 1. The summed E-state index contributed by atoms with van der Waals surface area (Å²) in [7, 11) is 3.23. The van der Waals surface area contributed by atoms with Gasteiger partial charge in [0, 0.05) is 46.5 Å². The highest BCUT2D eigenvalue weighted by molar-refractivity contribution is 6.42. The largest absolute Gasteiger partial charge is 0.497 e. The third-order valence-electron chi connectivity index (χ3n) is 7.21. The molecule has 2 heterocycles. The van der Waals surface area contributed by atoms with Crippen LogP contribution in [0.5, 0.6) is 11.5 Å². The Kier molecular flexibility index (Phi) is 7.93. The van der Waals surface area contributed by atoms with E-state index in [0.717, 1.165) is 38.9 Å². The maximum atomic E-state index is 10.3. The molecule has 0 radical (unpaired) electrons. The second kappa shape index (κ2) is 12.1. The summed E-state index contributed by atoms with van der Waals surface area (Å²) in [5, 5.41) is 12.4. The molecular weight excluding hydrogens is 581 g/mol. The minimum Gasteiger partial charge on any atom is -0.497 e. The number of rotatable bonds is 8. The smallest absolute Gasteiger partial charge is 0.238 e. The van der Waals surface area contributed by atoms with Gasteiger partial charge in [0.2, 0.25) is 5.88 Å². The van der Waals surface area contributed by atoms with Crippen molar-refractivity contribution in [3.05, 3.63) is 124 Å². The molecular formula is C35H25Cl2N3O3. The maximum absolute atomic E-state index is 10.3. The molecule has 0 unspecified atom stereocenters. The number of nitriles is 1. The molecule has 6 nitrogen and oxygen atoms in total. The lowest BCUT2D eigenvalue weighted by molar-refractivity contribution is 0.414. The number of aliphatic imine (C=N–C) groups is 1. The molecule has 0 bridgehead atoms. The number of hydrogen-bond donors (Lipinski definition) is 0. The Balaban J connectivity index is 1.44. The molecule has 0 atom stereocenters. The summed E-state index contributed by atoms with van der Waals surface area (Å²) in [6, 6.07) is 31.1. The summed E-state index contributed by atoms with van der Waals surface area (Å²) >= 11 is 12.4. The van der Waals surface area contributed by atoms with Crippen molar-refractivity contribution in [1.82, 2.24) is 4.57 Å². The third kappa shape index (κ3) is 5.61. The monoisotopic (exact) mass is 605 g/mol. The topological polar surface area (TPSA) is 72.7 Å². The van der Waals surface area contributed by atoms with E-state index in [2.05, 4.69) is 16.7 Å². The Hall–Kier alpha value is -4.96. The van der Waals surface area contributed by atoms with Gasteiger partial charge in [0.05, 0.1) is 24.3 Å². The summed E-state index contributed by atoms with van der Waals surface area (Å²) in [5.74, 6) is 2.20.